The van der Waals surface area contributed by atoms with Crippen molar-refractivity contribution in [1.29, 1.82) is 0 Å². The molecule has 0 radical (unpaired) electrons. The number of nitrogens with two attached hydrogens (primary N) is 1. The number of rotatable bonds is 7. The smallest absolute Gasteiger partial charge is 0.161 e. The molecule has 50 heavy (non-hydrogen) atoms. The third-order valence-corrected chi connectivity index (χ3v) is 11.3. The first kappa shape index (κ1) is 39.9. The van der Waals surface area contributed by atoms with E-state index < -0.39 is 0 Å². The Morgan fingerprint density at radius 1 is 0.840 bits per heavy atom. The molecule has 15 atom stereocenters. The maximum atomic E-state index is 12.4. The Bertz CT molecular complexity index is 1100. The maximum Gasteiger partial charge on any atom is 0.161 e. The minimum atomic E-state index is -0.338. The van der Waals surface area contributed by atoms with Crippen molar-refractivity contribution in [3.05, 3.63) is 24.3 Å². The zero-order valence-electron chi connectivity index (χ0n) is 31.2. The van der Waals surface area contributed by atoms with Gasteiger partial charge in [0, 0.05) is 39.0 Å². The predicted octanol–water partition coefficient (Wildman–Crippen LogP) is 4.80. The van der Waals surface area contributed by atoms with Crippen LogP contribution in [0.25, 0.3) is 0 Å². The molecule has 0 saturated carbocycles. The van der Waals surface area contributed by atoms with Crippen LogP contribution in [0.4, 0.5) is 0 Å². The van der Waals surface area contributed by atoms with E-state index in [2.05, 4.69) is 40.9 Å². The van der Waals surface area contributed by atoms with Crippen molar-refractivity contribution in [3.8, 4) is 0 Å². The van der Waals surface area contributed by atoms with Crippen LogP contribution in [0.3, 0.4) is 0 Å². The number of ketones is 1. The monoisotopic (exact) mass is 707 g/mol. The van der Waals surface area contributed by atoms with Crippen LogP contribution < -0.4 is 5.73 Å². The van der Waals surface area contributed by atoms with Gasteiger partial charge in [0.15, 0.2) is 6.29 Å². The molecular formula is C39H65NO10. The zero-order chi connectivity index (χ0) is 35.9. The fourth-order valence-corrected chi connectivity index (χ4v) is 8.22. The summed E-state index contributed by atoms with van der Waals surface area (Å²) in [5.74, 6) is 1.31. The molecule has 0 aromatic rings. The van der Waals surface area contributed by atoms with Crippen molar-refractivity contribution in [2.24, 2.45) is 17.6 Å². The van der Waals surface area contributed by atoms with Gasteiger partial charge in [-0.25, -0.2) is 0 Å². The van der Waals surface area contributed by atoms with E-state index in [1.807, 2.05) is 0 Å². The molecule has 11 heteroatoms. The van der Waals surface area contributed by atoms with Crippen molar-refractivity contribution in [2.45, 2.75) is 178 Å². The first-order chi connectivity index (χ1) is 24.0. The lowest BCUT2D eigenvalue weighted by molar-refractivity contribution is -0.264. The van der Waals surface area contributed by atoms with Gasteiger partial charge in [0.1, 0.15) is 36.3 Å². The highest BCUT2D eigenvalue weighted by Gasteiger charge is 2.64. The summed E-state index contributed by atoms with van der Waals surface area (Å²) in [5, 5.41) is 8.24. The van der Waals surface area contributed by atoms with E-state index in [9.17, 15) is 4.79 Å². The summed E-state index contributed by atoms with van der Waals surface area (Å²) in [6.07, 6.45) is 9.36. The highest BCUT2D eigenvalue weighted by atomic mass is 16.8. The van der Waals surface area contributed by atoms with Crippen LogP contribution in [-0.4, -0.2) is 117 Å². The van der Waals surface area contributed by atoms with Crippen molar-refractivity contribution < 1.29 is 47.8 Å². The third kappa shape index (κ3) is 10.2. The molecule has 9 aliphatic heterocycles. The molecule has 9 heterocycles. The van der Waals surface area contributed by atoms with Crippen LogP contribution in [0.5, 0.6) is 0 Å². The van der Waals surface area contributed by atoms with E-state index in [-0.39, 0.29) is 73.1 Å². The quantitative estimate of drug-likeness (QED) is 0.353. The topological polar surface area (TPSA) is 137 Å². The number of ether oxygens (including phenoxy) is 8. The van der Waals surface area contributed by atoms with Crippen molar-refractivity contribution in [2.75, 3.05) is 26.4 Å². The summed E-state index contributed by atoms with van der Waals surface area (Å²) >= 11 is 0. The van der Waals surface area contributed by atoms with Gasteiger partial charge in [0.05, 0.1) is 49.3 Å². The molecular weight excluding hydrogens is 642 g/mol. The van der Waals surface area contributed by atoms with E-state index in [0.29, 0.717) is 43.4 Å². The molecule has 9 saturated heterocycles. The van der Waals surface area contributed by atoms with E-state index in [4.69, 9.17) is 48.7 Å². The second kappa shape index (κ2) is 18.7. The van der Waals surface area contributed by atoms with Gasteiger partial charge >= 0.3 is 0 Å². The summed E-state index contributed by atoms with van der Waals surface area (Å²) in [6.45, 7) is 20.8. The lowest BCUT2D eigenvalue weighted by atomic mass is 9.87. The third-order valence-electron chi connectivity index (χ3n) is 11.3. The summed E-state index contributed by atoms with van der Waals surface area (Å²) in [5.41, 5.74) is 7.43. The van der Waals surface area contributed by atoms with Gasteiger partial charge < -0.3 is 48.7 Å². The zero-order valence-corrected chi connectivity index (χ0v) is 31.2. The van der Waals surface area contributed by atoms with E-state index in [1.165, 1.54) is 11.1 Å². The molecule has 9 fully saturated rings. The van der Waals surface area contributed by atoms with Gasteiger partial charge in [-0.3, -0.25) is 4.79 Å². The molecule has 9 aliphatic rings. The maximum absolute atomic E-state index is 12.4. The SMILES string of the molecule is C=C1C(C)C[C@H](CC)OC1C.C=C1CO[C@@H](CC)C1.CC(O)CN.O=C(CC1CCOC1)CC1CCC2OC3C4O[C@@H]5CC(OC4C2O1)OC35. The van der Waals surface area contributed by atoms with Gasteiger partial charge in [-0.05, 0) is 81.8 Å². The van der Waals surface area contributed by atoms with Gasteiger partial charge in [-0.15, -0.1) is 0 Å². The number of aliphatic hydroxyl groups excluding tert-OH is 1. The lowest BCUT2D eigenvalue weighted by Gasteiger charge is -2.46. The number of carbonyl (C=O) groups excluding carboxylic acids is 1. The van der Waals surface area contributed by atoms with E-state index in [0.717, 1.165) is 71.2 Å². The van der Waals surface area contributed by atoms with Gasteiger partial charge in [-0.1, -0.05) is 33.9 Å². The average Bonchev–Trinajstić information content (AvgIpc) is 3.87. The largest absolute Gasteiger partial charge is 0.392 e. The second-order valence-electron chi connectivity index (χ2n) is 15.5. The van der Waals surface area contributed by atoms with Crippen LogP contribution in [-0.2, 0) is 42.7 Å². The highest BCUT2D eigenvalue weighted by Crippen LogP contribution is 2.48. The molecule has 0 aromatic carbocycles. The minimum absolute atomic E-state index is 0.00359. The number of Topliss-reactive ketones (excluding diaryl/α,β-unsaturated/α-hetero) is 1. The second-order valence-corrected chi connectivity index (χ2v) is 15.5. The summed E-state index contributed by atoms with van der Waals surface area (Å²) in [4.78, 5) is 12.4. The normalized spacial score (nSPS) is 43.0. The van der Waals surface area contributed by atoms with Crippen molar-refractivity contribution in [3.63, 3.8) is 0 Å². The van der Waals surface area contributed by atoms with Gasteiger partial charge in [0.25, 0.3) is 0 Å². The summed E-state index contributed by atoms with van der Waals surface area (Å²) in [7, 11) is 0. The van der Waals surface area contributed by atoms with Crippen LogP contribution in [0.15, 0.2) is 24.3 Å². The molecule has 6 bridgehead atoms. The van der Waals surface area contributed by atoms with Crippen molar-refractivity contribution in [1.82, 2.24) is 0 Å². The first-order valence-electron chi connectivity index (χ1n) is 19.4. The standard InChI is InChI=1S/C19H26O7.C10H18O.C7H12O.C3H9NO/c20-10(5-9-3-4-21-8-9)6-11-1-2-12-15(22-11)18-19-17(23-12)16-13(24-19)7-14(25-16)26-18;1-5-10-6-7(2)8(3)9(4)11-10;1-3-7-4-6(2)5-8-7;1-3(5)2-4/h9,11-19H,1-8H2;7,9-10H,3,5-6H2,1-2,4H3;7H,2-5H2,1H3;3,5H,2,4H2,1H3/t9?,11?,12?,13-,14?,15?,16?,17?,18?,19?;7?,9?,10-;7-;/m100./s1. The fourth-order valence-electron chi connectivity index (χ4n) is 8.22. The average molecular weight is 708 g/mol. The number of hydrogen-bond acceptors (Lipinski definition) is 11. The Kier molecular flexibility index (Phi) is 14.9. The fraction of sp³-hybridized carbons (Fsp3) is 0.872. The predicted molar refractivity (Wildman–Crippen MR) is 189 cm³/mol. The molecule has 0 aliphatic carbocycles. The lowest BCUT2D eigenvalue weighted by Crippen LogP contribution is -2.61. The van der Waals surface area contributed by atoms with Crippen LogP contribution in [0, 0.1) is 11.8 Å². The summed E-state index contributed by atoms with van der Waals surface area (Å²) < 4.78 is 47.4. The Balaban J connectivity index is 0.000000167. The number of aliphatic hydroxyl groups is 1. The Morgan fingerprint density at radius 2 is 1.50 bits per heavy atom. The molecule has 0 spiro atoms. The molecule has 12 unspecified atom stereocenters. The van der Waals surface area contributed by atoms with Crippen LogP contribution >= 0.6 is 0 Å². The molecule has 0 amide bonds. The molecule has 0 aromatic heterocycles. The summed E-state index contributed by atoms with van der Waals surface area (Å²) in [6, 6.07) is 0. The van der Waals surface area contributed by atoms with Crippen LogP contribution in [0.1, 0.15) is 98.8 Å². The van der Waals surface area contributed by atoms with Crippen LogP contribution in [0.2, 0.25) is 0 Å². The number of fused-ring (bicyclic) bond motifs is 1. The first-order valence-corrected chi connectivity index (χ1v) is 19.4. The minimum Gasteiger partial charge on any atom is -0.392 e. The van der Waals surface area contributed by atoms with E-state index >= 15 is 0 Å². The molecule has 286 valence electrons. The number of carbonyl (C=O) groups is 1. The Hall–Kier alpha value is -1.25. The van der Waals surface area contributed by atoms with Crippen molar-refractivity contribution >= 4 is 5.78 Å². The molecule has 3 N–H and O–H groups in total. The molecule has 9 rings (SSSR count). The Labute approximate surface area is 299 Å². The number of hydrogen-bond donors (Lipinski definition) is 2. The Morgan fingerprint density at radius 3 is 2.10 bits per heavy atom. The molecule has 11 nitrogen and oxygen atoms in total. The van der Waals surface area contributed by atoms with E-state index in [1.54, 1.807) is 6.92 Å². The highest BCUT2D eigenvalue weighted by molar-refractivity contribution is 5.79. The van der Waals surface area contributed by atoms with Gasteiger partial charge in [0.2, 0.25) is 0 Å². The van der Waals surface area contributed by atoms with Gasteiger partial charge in [-0.2, -0.15) is 0 Å².